The average molecular weight is 774 g/mol. The first-order valence-corrected chi connectivity index (χ1v) is 19.7. The summed E-state index contributed by atoms with van der Waals surface area (Å²) in [5.41, 5.74) is -1.19. The van der Waals surface area contributed by atoms with E-state index in [1.807, 2.05) is 20.8 Å². The Kier molecular flexibility index (Phi) is 12.2. The van der Waals surface area contributed by atoms with Crippen LogP contribution in [0.15, 0.2) is 17.3 Å². The molecule has 1 spiro atoms. The zero-order valence-corrected chi connectivity index (χ0v) is 32.4. The van der Waals surface area contributed by atoms with E-state index in [-0.39, 0.29) is 67.0 Å². The van der Waals surface area contributed by atoms with Gasteiger partial charge in [0.25, 0.3) is 5.91 Å². The molecule has 13 nitrogen and oxygen atoms in total. The molecule has 296 valence electrons. The molecule has 4 amide bonds. The molecule has 15 heteroatoms. The lowest BCUT2D eigenvalue weighted by Crippen LogP contribution is -2.59. The highest BCUT2D eigenvalue weighted by atomic mass is 35.5. The van der Waals surface area contributed by atoms with Gasteiger partial charge >= 0.3 is 0 Å². The molecule has 2 saturated heterocycles. The highest BCUT2D eigenvalue weighted by Crippen LogP contribution is 2.41. The van der Waals surface area contributed by atoms with Crippen molar-refractivity contribution in [1.82, 2.24) is 20.9 Å². The molecule has 3 heterocycles. The van der Waals surface area contributed by atoms with Crippen molar-refractivity contribution in [3.8, 4) is 5.75 Å². The van der Waals surface area contributed by atoms with E-state index in [1.54, 1.807) is 6.92 Å². The van der Waals surface area contributed by atoms with Crippen molar-refractivity contribution in [2.24, 2.45) is 22.4 Å². The number of carbonyl (C=O) groups is 5. The number of amides is 4. The first-order chi connectivity index (χ1) is 25.7. The number of carbonyl (C=O) groups excluding carboxylic acids is 5. The number of likely N-dealkylation sites (tertiary alicyclic amines) is 1. The van der Waals surface area contributed by atoms with Gasteiger partial charge in [0.1, 0.15) is 12.1 Å². The maximum Gasteiger partial charge on any atom is 0.289 e. The second-order valence-electron chi connectivity index (χ2n) is 16.7. The summed E-state index contributed by atoms with van der Waals surface area (Å²) in [7, 11) is 0. The number of nitrogens with zero attached hydrogens (tertiary/aromatic N) is 2. The van der Waals surface area contributed by atoms with Crippen LogP contribution in [0.5, 0.6) is 5.75 Å². The predicted molar refractivity (Wildman–Crippen MR) is 197 cm³/mol. The lowest BCUT2D eigenvalue weighted by atomic mass is 9.80. The number of benzene rings is 1. The number of ether oxygens (including phenoxy) is 2. The van der Waals surface area contributed by atoms with Crippen molar-refractivity contribution in [1.29, 1.82) is 0 Å². The molecular weight excluding hydrogens is 721 g/mol. The minimum atomic E-state index is -1.18. The molecule has 1 unspecified atom stereocenters. The Labute approximate surface area is 320 Å². The fourth-order valence-corrected chi connectivity index (χ4v) is 8.01. The SMILES string of the molecule is CCOc1c(F)cc(C2=NO[C@]3(C2)C[C@@H](C(=O)NC(CC2CCC2)C(=O)C(=O)NC2CC2)N(C(=O)[C@@H](NC(=O)CC2CCOCC2)C(C)(C)C)C3)cc1Cl. The second kappa shape index (κ2) is 16.5. The van der Waals surface area contributed by atoms with E-state index in [9.17, 15) is 24.0 Å². The van der Waals surface area contributed by atoms with Crippen LogP contribution >= 0.6 is 11.6 Å². The van der Waals surface area contributed by atoms with Crippen molar-refractivity contribution in [3.63, 3.8) is 0 Å². The van der Waals surface area contributed by atoms with E-state index in [0.717, 1.165) is 44.9 Å². The van der Waals surface area contributed by atoms with Gasteiger partial charge in [0, 0.05) is 44.1 Å². The van der Waals surface area contributed by atoms with Crippen molar-refractivity contribution < 1.29 is 42.7 Å². The molecule has 54 heavy (non-hydrogen) atoms. The van der Waals surface area contributed by atoms with Crippen LogP contribution in [0.2, 0.25) is 5.02 Å². The lowest BCUT2D eigenvalue weighted by molar-refractivity contribution is -0.145. The van der Waals surface area contributed by atoms with Crippen LogP contribution in [0.4, 0.5) is 4.39 Å². The van der Waals surface area contributed by atoms with Crippen LogP contribution in [0.1, 0.15) is 104 Å². The summed E-state index contributed by atoms with van der Waals surface area (Å²) in [5.74, 6) is -3.22. The first-order valence-electron chi connectivity index (χ1n) is 19.4. The smallest absolute Gasteiger partial charge is 0.289 e. The molecule has 4 atom stereocenters. The van der Waals surface area contributed by atoms with Crippen molar-refractivity contribution in [3.05, 3.63) is 28.5 Å². The molecule has 1 aromatic rings. The Morgan fingerprint density at radius 3 is 2.39 bits per heavy atom. The van der Waals surface area contributed by atoms with E-state index in [4.69, 9.17) is 25.9 Å². The molecule has 2 saturated carbocycles. The van der Waals surface area contributed by atoms with Crippen molar-refractivity contribution >= 4 is 46.7 Å². The zero-order chi connectivity index (χ0) is 38.8. The Balaban J connectivity index is 1.25. The maximum atomic E-state index is 15.0. The number of ketones is 1. The normalized spacial score (nSPS) is 24.2. The number of Topliss-reactive ketones (excluding diaryl/α,β-unsaturated/α-hetero) is 1. The Hall–Kier alpha value is -3.78. The van der Waals surface area contributed by atoms with Crippen molar-refractivity contribution in [2.75, 3.05) is 26.4 Å². The first kappa shape index (κ1) is 39.9. The third-order valence-corrected chi connectivity index (χ3v) is 11.5. The predicted octanol–water partition coefficient (Wildman–Crippen LogP) is 4.21. The number of halogens is 2. The van der Waals surface area contributed by atoms with Gasteiger partial charge in [0.05, 0.1) is 29.9 Å². The van der Waals surface area contributed by atoms with Gasteiger partial charge in [-0.15, -0.1) is 0 Å². The minimum absolute atomic E-state index is 0.00366. The van der Waals surface area contributed by atoms with Gasteiger partial charge in [-0.1, -0.05) is 56.8 Å². The third-order valence-electron chi connectivity index (χ3n) is 11.2. The summed E-state index contributed by atoms with van der Waals surface area (Å²) in [6.07, 6.45) is 6.59. The molecule has 0 bridgehead atoms. The number of oxime groups is 1. The highest BCUT2D eigenvalue weighted by molar-refractivity contribution is 6.38. The molecule has 4 fully saturated rings. The zero-order valence-electron chi connectivity index (χ0n) is 31.6. The van der Waals surface area contributed by atoms with Crippen LogP contribution in [0.3, 0.4) is 0 Å². The summed E-state index contributed by atoms with van der Waals surface area (Å²) >= 11 is 6.37. The topological polar surface area (TPSA) is 165 Å². The molecule has 0 radical (unpaired) electrons. The van der Waals surface area contributed by atoms with E-state index in [0.29, 0.717) is 30.9 Å². The summed E-state index contributed by atoms with van der Waals surface area (Å²) in [5, 5.41) is 12.9. The standard InChI is InChI=1S/C39H53ClFN5O8/c1-5-53-33-26(40)17-24(18-27(33)41)29-19-39(54-45-29)20-30(35(49)43-28(15-22-7-6-8-22)32(48)36(50)42-25-9-10-25)46(21-39)37(51)34(38(2,3)4)44-31(47)16-23-11-13-52-14-12-23/h17-18,22-23,25,28,30,34H,5-16,19-21H2,1-4H3,(H,42,50)(H,43,49)(H,44,47)/t28?,30-,34+,39+/m0/s1. The number of hydrogen-bond donors (Lipinski definition) is 3. The summed E-state index contributed by atoms with van der Waals surface area (Å²) < 4.78 is 25.8. The molecule has 6 rings (SSSR count). The number of hydrogen-bond acceptors (Lipinski definition) is 9. The Bertz CT molecular complexity index is 1630. The van der Waals surface area contributed by atoms with Gasteiger partial charge in [-0.2, -0.15) is 0 Å². The third kappa shape index (κ3) is 9.35. The molecule has 3 N–H and O–H groups in total. The Morgan fingerprint density at radius 1 is 1.06 bits per heavy atom. The summed E-state index contributed by atoms with van der Waals surface area (Å²) in [4.78, 5) is 76.4. The molecule has 3 aliphatic heterocycles. The fraction of sp³-hybridized carbons (Fsp3) is 0.692. The maximum absolute atomic E-state index is 15.0. The fourth-order valence-electron chi connectivity index (χ4n) is 7.74. The van der Waals surface area contributed by atoms with Crippen LogP contribution in [0.25, 0.3) is 0 Å². The quantitative estimate of drug-likeness (QED) is 0.237. The minimum Gasteiger partial charge on any atom is -0.489 e. The van der Waals surface area contributed by atoms with Crippen LogP contribution in [-0.4, -0.2) is 96.2 Å². The average Bonchev–Trinajstić information content (AvgIpc) is 3.70. The van der Waals surface area contributed by atoms with E-state index < -0.39 is 58.5 Å². The van der Waals surface area contributed by atoms with E-state index >= 15 is 4.39 Å². The van der Waals surface area contributed by atoms with Gasteiger partial charge in [0.15, 0.2) is 17.2 Å². The van der Waals surface area contributed by atoms with Gasteiger partial charge in [-0.3, -0.25) is 24.0 Å². The second-order valence-corrected chi connectivity index (χ2v) is 17.1. The lowest BCUT2D eigenvalue weighted by Gasteiger charge is -2.36. The van der Waals surface area contributed by atoms with E-state index in [1.165, 1.54) is 17.0 Å². The molecular formula is C39H53ClFN5O8. The van der Waals surface area contributed by atoms with Crippen LogP contribution in [-0.2, 0) is 33.5 Å². The highest BCUT2D eigenvalue weighted by Gasteiger charge is 2.56. The van der Waals surface area contributed by atoms with Crippen LogP contribution < -0.4 is 20.7 Å². The van der Waals surface area contributed by atoms with Gasteiger partial charge in [0.2, 0.25) is 23.5 Å². The van der Waals surface area contributed by atoms with Gasteiger partial charge < -0.3 is 35.2 Å². The van der Waals surface area contributed by atoms with Crippen LogP contribution in [0, 0.1) is 23.1 Å². The number of rotatable bonds is 14. The summed E-state index contributed by atoms with van der Waals surface area (Å²) in [6, 6.07) is -0.453. The molecule has 2 aliphatic carbocycles. The van der Waals surface area contributed by atoms with Gasteiger partial charge in [-0.25, -0.2) is 4.39 Å². The molecule has 0 aromatic heterocycles. The largest absolute Gasteiger partial charge is 0.489 e. The summed E-state index contributed by atoms with van der Waals surface area (Å²) in [6.45, 7) is 8.56. The molecule has 5 aliphatic rings. The number of nitrogens with one attached hydrogen (secondary N) is 3. The van der Waals surface area contributed by atoms with Gasteiger partial charge in [-0.05, 0) is 68.4 Å². The molecule has 1 aromatic carbocycles. The van der Waals surface area contributed by atoms with E-state index in [2.05, 4.69) is 21.1 Å². The monoisotopic (exact) mass is 773 g/mol. The Morgan fingerprint density at radius 2 is 1.78 bits per heavy atom. The van der Waals surface area contributed by atoms with Crippen molar-refractivity contribution in [2.45, 2.75) is 128 Å².